The maximum absolute atomic E-state index is 4.01. The van der Waals surface area contributed by atoms with E-state index in [4.69, 9.17) is 0 Å². The lowest BCUT2D eigenvalue weighted by molar-refractivity contribution is 0.687. The van der Waals surface area contributed by atoms with Crippen LogP contribution in [0.5, 0.6) is 0 Å². The molecule has 0 radical (unpaired) electrons. The number of hydrogen-bond acceptors (Lipinski definition) is 0. The first-order chi connectivity index (χ1) is 10.6. The topological polar surface area (TPSA) is 0 Å². The molecule has 0 nitrogen and oxygen atoms in total. The van der Waals surface area contributed by atoms with Crippen molar-refractivity contribution in [2.24, 2.45) is 0 Å². The first-order valence-electron chi connectivity index (χ1n) is 8.00. The van der Waals surface area contributed by atoms with E-state index >= 15 is 0 Å². The monoisotopic (exact) mass is 292 g/mol. The number of rotatable bonds is 4. The quantitative estimate of drug-likeness (QED) is 0.546. The molecule has 0 aliphatic heterocycles. The Labute approximate surface area is 136 Å². The zero-order chi connectivity index (χ0) is 16.8. The van der Waals surface area contributed by atoms with Crippen molar-refractivity contribution in [2.45, 2.75) is 40.0 Å². The minimum absolute atomic E-state index is 0.110. The maximum Gasteiger partial charge on any atom is 0.0395 e. The third-order valence-electron chi connectivity index (χ3n) is 4.28. The van der Waals surface area contributed by atoms with Gasteiger partial charge in [-0.25, -0.2) is 0 Å². The molecule has 2 rings (SSSR count). The third-order valence-corrected chi connectivity index (χ3v) is 4.28. The van der Waals surface area contributed by atoms with Crippen LogP contribution >= 0.6 is 0 Å². The third kappa shape index (κ3) is 2.78. The lowest BCUT2D eigenvalue weighted by Gasteiger charge is -2.30. The molecular weight excluding hydrogens is 264 g/mol. The van der Waals surface area contributed by atoms with E-state index in [1.807, 2.05) is 26.0 Å². The van der Waals surface area contributed by atoms with Crippen LogP contribution in [0, 0.1) is 0 Å². The molecule has 22 heavy (non-hydrogen) atoms. The summed E-state index contributed by atoms with van der Waals surface area (Å²) in [5.41, 5.74) is 6.36. The van der Waals surface area contributed by atoms with Gasteiger partial charge in [-0.05, 0) is 43.0 Å². The van der Waals surface area contributed by atoms with Gasteiger partial charge in [-0.2, -0.15) is 0 Å². The van der Waals surface area contributed by atoms with Crippen molar-refractivity contribution in [2.75, 3.05) is 0 Å². The van der Waals surface area contributed by atoms with Crippen LogP contribution in [-0.4, -0.2) is 0 Å². The Bertz CT molecular complexity index is 638. The van der Waals surface area contributed by atoms with Crippen molar-refractivity contribution in [1.82, 2.24) is 0 Å². The second kappa shape index (κ2) is 7.79. The lowest BCUT2D eigenvalue weighted by Crippen LogP contribution is -2.23. The molecule has 0 saturated carbocycles. The van der Waals surface area contributed by atoms with Crippen LogP contribution in [0.2, 0.25) is 0 Å². The Hall–Kier alpha value is -2.08. The molecular formula is C22H28. The van der Waals surface area contributed by atoms with Crippen molar-refractivity contribution >= 4 is 5.57 Å². The summed E-state index contributed by atoms with van der Waals surface area (Å²) in [4.78, 5) is 0. The molecule has 1 aliphatic carbocycles. The maximum atomic E-state index is 4.01. The summed E-state index contributed by atoms with van der Waals surface area (Å²) in [6.45, 7) is 18.4. The highest BCUT2D eigenvalue weighted by molar-refractivity contribution is 5.89. The molecule has 1 aromatic rings. The molecule has 0 heteroatoms. The van der Waals surface area contributed by atoms with Crippen LogP contribution in [-0.2, 0) is 5.41 Å². The Morgan fingerprint density at radius 3 is 2.32 bits per heavy atom. The van der Waals surface area contributed by atoms with E-state index < -0.39 is 0 Å². The lowest BCUT2D eigenvalue weighted by atomic mass is 9.73. The van der Waals surface area contributed by atoms with Gasteiger partial charge in [0.2, 0.25) is 0 Å². The van der Waals surface area contributed by atoms with Gasteiger partial charge < -0.3 is 0 Å². The Balaban J connectivity index is 0.00000116. The van der Waals surface area contributed by atoms with Gasteiger partial charge in [0.05, 0.1) is 0 Å². The second-order valence-electron chi connectivity index (χ2n) is 5.29. The highest BCUT2D eigenvalue weighted by Crippen LogP contribution is 2.51. The number of allylic oxidation sites excluding steroid dienone is 8. The van der Waals surface area contributed by atoms with E-state index in [9.17, 15) is 0 Å². The van der Waals surface area contributed by atoms with Gasteiger partial charge >= 0.3 is 0 Å². The van der Waals surface area contributed by atoms with Gasteiger partial charge in [0, 0.05) is 5.41 Å². The molecule has 1 atom stereocenters. The van der Waals surface area contributed by atoms with E-state index in [0.717, 1.165) is 0 Å². The predicted octanol–water partition coefficient (Wildman–Crippen LogP) is 6.63. The van der Waals surface area contributed by atoms with E-state index in [1.54, 1.807) is 0 Å². The first kappa shape index (κ1) is 18.0. The van der Waals surface area contributed by atoms with E-state index in [1.165, 1.54) is 27.8 Å². The molecule has 0 saturated heterocycles. The van der Waals surface area contributed by atoms with Gasteiger partial charge in [0.15, 0.2) is 0 Å². The summed E-state index contributed by atoms with van der Waals surface area (Å²) in [6, 6.07) is 8.60. The highest BCUT2D eigenvalue weighted by Gasteiger charge is 2.40. The molecule has 0 aromatic heterocycles. The van der Waals surface area contributed by atoms with Crippen LogP contribution < -0.4 is 0 Å². The van der Waals surface area contributed by atoms with E-state index in [-0.39, 0.29) is 5.41 Å². The zero-order valence-electron chi connectivity index (χ0n) is 14.6. The van der Waals surface area contributed by atoms with Gasteiger partial charge in [-0.1, -0.05) is 87.2 Å². The normalized spacial score (nSPS) is 20.5. The van der Waals surface area contributed by atoms with E-state index in [0.29, 0.717) is 0 Å². The smallest absolute Gasteiger partial charge is 0.0395 e. The Morgan fingerprint density at radius 1 is 1.14 bits per heavy atom. The largest absolute Gasteiger partial charge is 0.0991 e. The molecule has 0 spiro atoms. The van der Waals surface area contributed by atoms with Gasteiger partial charge in [-0.3, -0.25) is 0 Å². The summed E-state index contributed by atoms with van der Waals surface area (Å²) in [7, 11) is 0. The van der Waals surface area contributed by atoms with Crippen molar-refractivity contribution < 1.29 is 0 Å². The number of benzene rings is 1. The summed E-state index contributed by atoms with van der Waals surface area (Å²) < 4.78 is 0. The standard InChI is InChI=1S/C20H22.C2H6/c1-6-11-15(4)20(5)18(12-7-2)16(8-3)17-13-9-10-14-19(17)20;1-2/h6-14H,1,3H2,2,4-5H3;1-2H3/b12-7-,15-11+;. The average Bonchev–Trinajstić information content (AvgIpc) is 2.80. The molecule has 116 valence electrons. The molecule has 1 unspecified atom stereocenters. The van der Waals surface area contributed by atoms with Gasteiger partial charge in [0.1, 0.15) is 0 Å². The number of fused-ring (bicyclic) bond motifs is 1. The molecule has 0 bridgehead atoms. The molecule has 1 aliphatic rings. The molecule has 0 heterocycles. The highest BCUT2D eigenvalue weighted by atomic mass is 14.4. The summed E-state index contributed by atoms with van der Waals surface area (Å²) in [6.07, 6.45) is 10.2. The summed E-state index contributed by atoms with van der Waals surface area (Å²) in [5.74, 6) is 0. The zero-order valence-corrected chi connectivity index (χ0v) is 14.6. The summed E-state index contributed by atoms with van der Waals surface area (Å²) >= 11 is 0. The van der Waals surface area contributed by atoms with Crippen LogP contribution in [0.1, 0.15) is 45.7 Å². The van der Waals surface area contributed by atoms with Crippen LogP contribution in [0.15, 0.2) is 78.9 Å². The van der Waals surface area contributed by atoms with Crippen molar-refractivity contribution in [3.8, 4) is 0 Å². The minimum atomic E-state index is -0.110. The fourth-order valence-corrected chi connectivity index (χ4v) is 3.12. The van der Waals surface area contributed by atoms with Crippen LogP contribution in [0.25, 0.3) is 5.57 Å². The number of hydrogen-bond donors (Lipinski definition) is 0. The molecule has 0 N–H and O–H groups in total. The Morgan fingerprint density at radius 2 is 1.77 bits per heavy atom. The van der Waals surface area contributed by atoms with Crippen molar-refractivity contribution in [3.63, 3.8) is 0 Å². The van der Waals surface area contributed by atoms with Gasteiger partial charge in [-0.15, -0.1) is 0 Å². The van der Waals surface area contributed by atoms with E-state index in [2.05, 4.69) is 76.4 Å². The first-order valence-corrected chi connectivity index (χ1v) is 8.00. The average molecular weight is 292 g/mol. The summed E-state index contributed by atoms with van der Waals surface area (Å²) in [5, 5.41) is 0. The van der Waals surface area contributed by atoms with Gasteiger partial charge in [0.25, 0.3) is 0 Å². The fraction of sp³-hybridized carbons (Fsp3) is 0.273. The minimum Gasteiger partial charge on any atom is -0.0991 e. The Kier molecular flexibility index (Phi) is 6.37. The SMILES string of the molecule is C=C/C=C(\C)C1(C)C(/C=C\C)=C(C=C)c2ccccc21.CC. The fourth-order valence-electron chi connectivity index (χ4n) is 3.12. The molecule has 0 fully saturated rings. The van der Waals surface area contributed by atoms with Crippen LogP contribution in [0.3, 0.4) is 0 Å². The molecule has 1 aromatic carbocycles. The van der Waals surface area contributed by atoms with Crippen molar-refractivity contribution in [3.05, 3.63) is 90.1 Å². The predicted molar refractivity (Wildman–Crippen MR) is 101 cm³/mol. The second-order valence-corrected chi connectivity index (χ2v) is 5.29. The van der Waals surface area contributed by atoms with Crippen molar-refractivity contribution in [1.29, 1.82) is 0 Å². The molecule has 0 amide bonds. The van der Waals surface area contributed by atoms with Crippen LogP contribution in [0.4, 0.5) is 0 Å².